The summed E-state index contributed by atoms with van der Waals surface area (Å²) in [6.45, 7) is 2.73. The Morgan fingerprint density at radius 1 is 1.11 bits per heavy atom. The number of fused-ring (bicyclic) bond motifs is 3. The van der Waals surface area contributed by atoms with Crippen LogP contribution in [-0.2, 0) is 21.2 Å². The van der Waals surface area contributed by atoms with Crippen LogP contribution in [0.15, 0.2) is 41.7 Å². The number of rotatable bonds is 4. The van der Waals surface area contributed by atoms with Gasteiger partial charge in [-0.15, -0.1) is 0 Å². The van der Waals surface area contributed by atoms with Crippen LogP contribution in [0.4, 0.5) is 10.5 Å². The zero-order valence-electron chi connectivity index (χ0n) is 20.8. The fourth-order valence-corrected chi connectivity index (χ4v) is 5.50. The van der Waals surface area contributed by atoms with E-state index in [0.29, 0.717) is 60.5 Å². The van der Waals surface area contributed by atoms with Gasteiger partial charge in [0.2, 0.25) is 0 Å². The normalized spacial score (nSPS) is 17.7. The Morgan fingerprint density at radius 3 is 2.46 bits per heavy atom. The molecule has 0 saturated carbocycles. The summed E-state index contributed by atoms with van der Waals surface area (Å²) in [5, 5.41) is 9.66. The van der Waals surface area contributed by atoms with Gasteiger partial charge < -0.3 is 14.9 Å². The molecule has 194 valence electrons. The van der Waals surface area contributed by atoms with Gasteiger partial charge in [0, 0.05) is 56.0 Å². The van der Waals surface area contributed by atoms with Crippen molar-refractivity contribution in [3.8, 4) is 11.3 Å². The Hall–Kier alpha value is -3.64. The maximum atomic E-state index is 13.5. The summed E-state index contributed by atoms with van der Waals surface area (Å²) < 4.78 is 23.6. The minimum Gasteiger partial charge on any atom is -0.384 e. The number of pyridine rings is 3. The van der Waals surface area contributed by atoms with Gasteiger partial charge in [0.25, 0.3) is 5.91 Å². The Bertz CT molecular complexity index is 1480. The van der Waals surface area contributed by atoms with Crippen LogP contribution in [0, 0.1) is 0 Å². The number of hydrogen-bond donors (Lipinski definition) is 1. The summed E-state index contributed by atoms with van der Waals surface area (Å²) in [7, 11) is -1.68. The number of aromatic nitrogens is 3. The van der Waals surface area contributed by atoms with Crippen LogP contribution in [0.1, 0.15) is 25.3 Å². The molecule has 0 aromatic carbocycles. The van der Waals surface area contributed by atoms with E-state index in [-0.39, 0.29) is 23.0 Å². The first-order chi connectivity index (χ1) is 17.5. The van der Waals surface area contributed by atoms with Crippen molar-refractivity contribution >= 4 is 38.5 Å². The number of sulfone groups is 1. The van der Waals surface area contributed by atoms with Crippen molar-refractivity contribution in [2.24, 2.45) is 0 Å². The molecule has 3 aromatic heterocycles. The second-order valence-corrected chi connectivity index (χ2v) is 11.6. The summed E-state index contributed by atoms with van der Waals surface area (Å²) in [6.07, 6.45) is 4.42. The molecule has 1 saturated heterocycles. The summed E-state index contributed by atoms with van der Waals surface area (Å²) in [4.78, 5) is 44.3. The molecule has 0 bridgehead atoms. The third-order valence-corrected chi connectivity index (χ3v) is 7.85. The number of piperidine rings is 1. The van der Waals surface area contributed by atoms with Gasteiger partial charge in [-0.3, -0.25) is 14.7 Å². The van der Waals surface area contributed by atoms with Gasteiger partial charge in [0.1, 0.15) is 11.6 Å². The molecule has 1 unspecified atom stereocenters. The van der Waals surface area contributed by atoms with E-state index < -0.39 is 15.9 Å². The molecule has 3 aromatic rings. The van der Waals surface area contributed by atoms with E-state index >= 15 is 0 Å². The van der Waals surface area contributed by atoms with E-state index in [1.54, 1.807) is 40.1 Å². The maximum absolute atomic E-state index is 13.5. The van der Waals surface area contributed by atoms with Gasteiger partial charge in [-0.2, -0.15) is 0 Å². The van der Waals surface area contributed by atoms with E-state index in [4.69, 9.17) is 4.98 Å². The van der Waals surface area contributed by atoms with Crippen LogP contribution in [0.2, 0.25) is 0 Å². The molecule has 1 fully saturated rings. The number of carbonyl (C=O) groups is 2. The molecular weight excluding hydrogens is 496 g/mol. The number of aliphatic hydroxyl groups excluding tert-OH is 1. The maximum Gasteiger partial charge on any atom is 0.324 e. The first-order valence-corrected chi connectivity index (χ1v) is 13.9. The molecular formula is C25H28N6O5S. The zero-order valence-corrected chi connectivity index (χ0v) is 21.6. The van der Waals surface area contributed by atoms with E-state index in [1.165, 1.54) is 19.2 Å². The molecule has 0 aliphatic carbocycles. The second-order valence-electron chi connectivity index (χ2n) is 9.59. The number of aliphatic hydroxyl groups is 1. The van der Waals surface area contributed by atoms with Crippen molar-refractivity contribution in [2.45, 2.75) is 43.5 Å². The van der Waals surface area contributed by atoms with Crippen LogP contribution in [0.3, 0.4) is 0 Å². The monoisotopic (exact) mass is 524 g/mol. The lowest BCUT2D eigenvalue weighted by Crippen LogP contribution is -2.55. The number of anilines is 1. The zero-order chi connectivity index (χ0) is 26.5. The lowest BCUT2D eigenvalue weighted by Gasteiger charge is -2.43. The molecule has 0 radical (unpaired) electrons. The third kappa shape index (κ3) is 4.62. The Labute approximate surface area is 214 Å². The molecule has 0 spiro atoms. The molecule has 2 aliphatic heterocycles. The standard InChI is InChI=1S/C25H28N6O5S/c1-15(32)24(33)30-10-8-18(9-11-30)31-23-17(14-29(2)25(31)34)13-26-20-6-5-19(28-22(20)23)16-4-7-21(27-12-16)37(3,35)36/h4-7,12-13,15,18,32H,8-11,14H2,1-3H3. The third-order valence-electron chi connectivity index (χ3n) is 6.85. The van der Waals surface area contributed by atoms with Gasteiger partial charge in [-0.25, -0.2) is 23.2 Å². The van der Waals surface area contributed by atoms with Gasteiger partial charge >= 0.3 is 6.03 Å². The molecule has 3 amide bonds. The van der Waals surface area contributed by atoms with Crippen LogP contribution >= 0.6 is 0 Å². The van der Waals surface area contributed by atoms with Gasteiger partial charge in [0.15, 0.2) is 14.9 Å². The highest BCUT2D eigenvalue weighted by atomic mass is 32.2. The number of nitrogens with zero attached hydrogens (tertiary/aromatic N) is 6. The van der Waals surface area contributed by atoms with Gasteiger partial charge in [0.05, 0.1) is 23.4 Å². The molecule has 11 nitrogen and oxygen atoms in total. The quantitative estimate of drug-likeness (QED) is 0.546. The minimum atomic E-state index is -3.42. The van der Waals surface area contributed by atoms with Crippen LogP contribution < -0.4 is 4.90 Å². The predicted octanol–water partition coefficient (Wildman–Crippen LogP) is 1.84. The lowest BCUT2D eigenvalue weighted by atomic mass is 9.99. The average molecular weight is 525 g/mol. The topological polar surface area (TPSA) is 137 Å². The Kier molecular flexibility index (Phi) is 6.32. The SMILES string of the molecule is CC(O)C(=O)N1CCC(N2C(=O)N(C)Cc3cnc4ccc(-c5ccc(S(C)(=O)=O)nc5)nc4c32)CC1. The Balaban J connectivity index is 1.55. The molecule has 5 rings (SSSR count). The molecule has 1 atom stereocenters. The van der Waals surface area contributed by atoms with Crippen LogP contribution in [-0.4, -0.2) is 88.8 Å². The van der Waals surface area contributed by atoms with E-state index in [2.05, 4.69) is 9.97 Å². The number of hydrogen-bond acceptors (Lipinski definition) is 8. The highest BCUT2D eigenvalue weighted by molar-refractivity contribution is 7.90. The smallest absolute Gasteiger partial charge is 0.324 e. The highest BCUT2D eigenvalue weighted by Crippen LogP contribution is 2.37. The number of likely N-dealkylation sites (tertiary alicyclic amines) is 1. The summed E-state index contributed by atoms with van der Waals surface area (Å²) >= 11 is 0. The fourth-order valence-electron chi connectivity index (χ4n) is 4.94. The van der Waals surface area contributed by atoms with Gasteiger partial charge in [-0.1, -0.05) is 0 Å². The summed E-state index contributed by atoms with van der Waals surface area (Å²) in [5.74, 6) is -0.308. The van der Waals surface area contributed by atoms with Crippen molar-refractivity contribution in [2.75, 3.05) is 31.3 Å². The van der Waals surface area contributed by atoms with Crippen LogP contribution in [0.5, 0.6) is 0 Å². The first-order valence-electron chi connectivity index (χ1n) is 12.0. The first kappa shape index (κ1) is 25.0. The Morgan fingerprint density at radius 2 is 1.84 bits per heavy atom. The van der Waals surface area contributed by atoms with Crippen molar-refractivity contribution in [1.29, 1.82) is 0 Å². The lowest BCUT2D eigenvalue weighted by molar-refractivity contribution is -0.140. The minimum absolute atomic E-state index is 0.0173. The number of carbonyl (C=O) groups excluding carboxylic acids is 2. The van der Waals surface area contributed by atoms with Crippen molar-refractivity contribution in [1.82, 2.24) is 24.8 Å². The highest BCUT2D eigenvalue weighted by Gasteiger charge is 2.38. The number of amides is 3. The second kappa shape index (κ2) is 9.34. The summed E-state index contributed by atoms with van der Waals surface area (Å²) in [6, 6.07) is 6.42. The van der Waals surface area contributed by atoms with E-state index in [1.807, 2.05) is 6.07 Å². The molecule has 5 heterocycles. The molecule has 37 heavy (non-hydrogen) atoms. The molecule has 1 N–H and O–H groups in total. The fraction of sp³-hybridized carbons (Fsp3) is 0.400. The molecule has 12 heteroatoms. The van der Waals surface area contributed by atoms with Crippen LogP contribution in [0.25, 0.3) is 22.3 Å². The largest absolute Gasteiger partial charge is 0.384 e. The van der Waals surface area contributed by atoms with Crippen molar-refractivity contribution in [3.05, 3.63) is 42.2 Å². The number of urea groups is 1. The predicted molar refractivity (Wildman–Crippen MR) is 137 cm³/mol. The van der Waals surface area contributed by atoms with E-state index in [0.717, 1.165) is 11.8 Å². The van der Waals surface area contributed by atoms with Crippen molar-refractivity contribution < 1.29 is 23.1 Å². The van der Waals surface area contributed by atoms with Gasteiger partial charge in [-0.05, 0) is 44.0 Å². The molecule has 2 aliphatic rings. The van der Waals surface area contributed by atoms with Crippen molar-refractivity contribution in [3.63, 3.8) is 0 Å². The average Bonchev–Trinajstić information content (AvgIpc) is 2.88. The summed E-state index contributed by atoms with van der Waals surface area (Å²) in [5.41, 5.74) is 4.00. The van der Waals surface area contributed by atoms with E-state index in [9.17, 15) is 23.1 Å².